The van der Waals surface area contributed by atoms with Crippen molar-refractivity contribution in [3.8, 4) is 0 Å². The Balaban J connectivity index is 2.06. The molecule has 2 aromatic rings. The first-order chi connectivity index (χ1) is 8.67. The van der Waals surface area contributed by atoms with Gasteiger partial charge >= 0.3 is 0 Å². The third-order valence-corrected chi connectivity index (χ3v) is 2.39. The average Bonchev–Trinajstić information content (AvgIpc) is 2.72. The first-order valence-electron chi connectivity index (χ1n) is 5.64. The van der Waals surface area contributed by atoms with Gasteiger partial charge in [-0.1, -0.05) is 5.16 Å². The fourth-order valence-corrected chi connectivity index (χ4v) is 1.61. The molecule has 0 aliphatic rings. The van der Waals surface area contributed by atoms with Crippen molar-refractivity contribution in [2.75, 3.05) is 6.54 Å². The first-order valence-corrected chi connectivity index (χ1v) is 5.64. The van der Waals surface area contributed by atoms with Crippen molar-refractivity contribution >= 4 is 0 Å². The Morgan fingerprint density at radius 2 is 1.89 bits per heavy atom. The summed E-state index contributed by atoms with van der Waals surface area (Å²) in [4.78, 5) is 4.12. The first kappa shape index (κ1) is 12.6. The molecule has 0 saturated carbocycles. The summed E-state index contributed by atoms with van der Waals surface area (Å²) in [7, 11) is 0. The maximum atomic E-state index is 13.0. The lowest BCUT2D eigenvalue weighted by Crippen LogP contribution is -2.00. The van der Waals surface area contributed by atoms with Crippen LogP contribution in [0.3, 0.4) is 0 Å². The van der Waals surface area contributed by atoms with E-state index < -0.39 is 11.6 Å². The van der Waals surface area contributed by atoms with E-state index in [-0.39, 0.29) is 6.42 Å². The molecule has 0 fully saturated rings. The smallest absolute Gasteiger partial charge is 0.226 e. The Bertz CT molecular complexity index is 508. The zero-order chi connectivity index (χ0) is 13.0. The zero-order valence-corrected chi connectivity index (χ0v) is 9.70. The fraction of sp³-hybridized carbons (Fsp3) is 0.333. The van der Waals surface area contributed by atoms with E-state index in [9.17, 15) is 8.78 Å². The minimum atomic E-state index is -0.614. The summed E-state index contributed by atoms with van der Waals surface area (Å²) in [6, 6.07) is 3.32. The number of rotatable bonds is 5. The van der Waals surface area contributed by atoms with E-state index in [2.05, 4.69) is 10.1 Å². The SMILES string of the molecule is NCCCc1nc(Cc2cc(F)cc(F)c2)no1. The predicted octanol–water partition coefficient (Wildman–Crippen LogP) is 1.83. The Labute approximate surface area is 103 Å². The molecule has 0 radical (unpaired) electrons. The summed E-state index contributed by atoms with van der Waals surface area (Å²) >= 11 is 0. The van der Waals surface area contributed by atoms with Crippen LogP contribution < -0.4 is 5.73 Å². The van der Waals surface area contributed by atoms with Gasteiger partial charge in [0.05, 0.1) is 0 Å². The minimum absolute atomic E-state index is 0.237. The molecule has 2 N–H and O–H groups in total. The van der Waals surface area contributed by atoms with Crippen molar-refractivity contribution in [3.05, 3.63) is 47.1 Å². The molecule has 0 spiro atoms. The minimum Gasteiger partial charge on any atom is -0.339 e. The van der Waals surface area contributed by atoms with E-state index in [0.717, 1.165) is 12.5 Å². The van der Waals surface area contributed by atoms with Crippen LogP contribution in [0.5, 0.6) is 0 Å². The lowest BCUT2D eigenvalue weighted by molar-refractivity contribution is 0.371. The molecule has 0 saturated heterocycles. The average molecular weight is 253 g/mol. The third-order valence-electron chi connectivity index (χ3n) is 2.39. The standard InChI is InChI=1S/C12H13F2N3O/c13-9-4-8(5-10(14)7-9)6-11-16-12(18-17-11)2-1-3-15/h4-5,7H,1-3,6,15H2. The summed E-state index contributed by atoms with van der Waals surface area (Å²) in [6.45, 7) is 0.548. The van der Waals surface area contributed by atoms with E-state index in [1.165, 1.54) is 12.1 Å². The molecule has 2 rings (SSSR count). The molecule has 96 valence electrons. The van der Waals surface area contributed by atoms with Crippen LogP contribution in [0, 0.1) is 11.6 Å². The van der Waals surface area contributed by atoms with Gasteiger partial charge in [0.15, 0.2) is 5.82 Å². The van der Waals surface area contributed by atoms with Gasteiger partial charge < -0.3 is 10.3 Å². The highest BCUT2D eigenvalue weighted by Gasteiger charge is 2.08. The highest BCUT2D eigenvalue weighted by molar-refractivity contribution is 5.21. The molecule has 0 aliphatic carbocycles. The van der Waals surface area contributed by atoms with Gasteiger partial charge in [-0.05, 0) is 30.7 Å². The second-order valence-corrected chi connectivity index (χ2v) is 3.95. The normalized spacial score (nSPS) is 10.8. The van der Waals surface area contributed by atoms with Crippen molar-refractivity contribution in [1.82, 2.24) is 10.1 Å². The highest BCUT2D eigenvalue weighted by atomic mass is 19.1. The Morgan fingerprint density at radius 1 is 1.17 bits per heavy atom. The van der Waals surface area contributed by atoms with Gasteiger partial charge in [0, 0.05) is 18.9 Å². The molecule has 1 heterocycles. The molecule has 4 nitrogen and oxygen atoms in total. The lowest BCUT2D eigenvalue weighted by Gasteiger charge is -1.97. The van der Waals surface area contributed by atoms with E-state index >= 15 is 0 Å². The quantitative estimate of drug-likeness (QED) is 0.882. The summed E-state index contributed by atoms with van der Waals surface area (Å²) in [5.41, 5.74) is 5.84. The largest absolute Gasteiger partial charge is 0.339 e. The Morgan fingerprint density at radius 3 is 2.56 bits per heavy atom. The molecule has 6 heteroatoms. The maximum absolute atomic E-state index is 13.0. The number of nitrogens with zero attached hydrogens (tertiary/aromatic N) is 2. The molecule has 1 aromatic heterocycles. The van der Waals surface area contributed by atoms with Crippen molar-refractivity contribution in [2.24, 2.45) is 5.73 Å². The number of halogens is 2. The maximum Gasteiger partial charge on any atom is 0.226 e. The molecule has 0 unspecified atom stereocenters. The molecule has 0 aliphatic heterocycles. The number of benzene rings is 1. The van der Waals surface area contributed by atoms with Crippen LogP contribution in [0.2, 0.25) is 0 Å². The molecular weight excluding hydrogens is 240 g/mol. The fourth-order valence-electron chi connectivity index (χ4n) is 1.61. The monoisotopic (exact) mass is 253 g/mol. The van der Waals surface area contributed by atoms with Gasteiger partial charge in [-0.2, -0.15) is 4.98 Å². The molecule has 0 atom stereocenters. The van der Waals surface area contributed by atoms with Gasteiger partial charge in [-0.3, -0.25) is 0 Å². The predicted molar refractivity (Wildman–Crippen MR) is 60.8 cm³/mol. The van der Waals surface area contributed by atoms with Crippen molar-refractivity contribution in [1.29, 1.82) is 0 Å². The van der Waals surface area contributed by atoms with Crippen LogP contribution in [-0.2, 0) is 12.8 Å². The number of aromatic nitrogens is 2. The van der Waals surface area contributed by atoms with Crippen LogP contribution in [0.4, 0.5) is 8.78 Å². The number of hydrogen-bond donors (Lipinski definition) is 1. The topological polar surface area (TPSA) is 64.9 Å². The van der Waals surface area contributed by atoms with E-state index in [0.29, 0.717) is 30.2 Å². The van der Waals surface area contributed by atoms with Crippen LogP contribution in [0.15, 0.2) is 22.7 Å². The highest BCUT2D eigenvalue weighted by Crippen LogP contribution is 2.12. The van der Waals surface area contributed by atoms with Gasteiger partial charge in [-0.15, -0.1) is 0 Å². The van der Waals surface area contributed by atoms with Gasteiger partial charge in [0.25, 0.3) is 0 Å². The third kappa shape index (κ3) is 3.33. The molecular formula is C12H13F2N3O. The van der Waals surface area contributed by atoms with Crippen molar-refractivity contribution < 1.29 is 13.3 Å². The van der Waals surface area contributed by atoms with E-state index in [1.54, 1.807) is 0 Å². The second-order valence-electron chi connectivity index (χ2n) is 3.95. The van der Waals surface area contributed by atoms with Gasteiger partial charge in [0.1, 0.15) is 11.6 Å². The number of aryl methyl sites for hydroxylation is 1. The molecule has 18 heavy (non-hydrogen) atoms. The van der Waals surface area contributed by atoms with Crippen LogP contribution >= 0.6 is 0 Å². The van der Waals surface area contributed by atoms with Crippen LogP contribution in [-0.4, -0.2) is 16.7 Å². The summed E-state index contributed by atoms with van der Waals surface area (Å²) in [5, 5.41) is 3.75. The summed E-state index contributed by atoms with van der Waals surface area (Å²) in [6.07, 6.45) is 1.61. The van der Waals surface area contributed by atoms with Gasteiger partial charge in [-0.25, -0.2) is 8.78 Å². The molecule has 0 bridgehead atoms. The molecule has 1 aromatic carbocycles. The number of nitrogens with two attached hydrogens (primary N) is 1. The van der Waals surface area contributed by atoms with Crippen LogP contribution in [0.1, 0.15) is 23.7 Å². The van der Waals surface area contributed by atoms with E-state index in [1.807, 2.05) is 0 Å². The molecule has 0 amide bonds. The Kier molecular flexibility index (Phi) is 3.99. The summed E-state index contributed by atoms with van der Waals surface area (Å²) in [5.74, 6) is -0.326. The van der Waals surface area contributed by atoms with E-state index in [4.69, 9.17) is 10.3 Å². The van der Waals surface area contributed by atoms with Gasteiger partial charge in [0.2, 0.25) is 5.89 Å². The zero-order valence-electron chi connectivity index (χ0n) is 9.70. The van der Waals surface area contributed by atoms with Crippen molar-refractivity contribution in [3.63, 3.8) is 0 Å². The van der Waals surface area contributed by atoms with Crippen molar-refractivity contribution in [2.45, 2.75) is 19.3 Å². The summed E-state index contributed by atoms with van der Waals surface area (Å²) < 4.78 is 31.0. The Hall–Kier alpha value is -1.82. The second kappa shape index (κ2) is 5.68. The number of hydrogen-bond acceptors (Lipinski definition) is 4. The van der Waals surface area contributed by atoms with Crippen LogP contribution in [0.25, 0.3) is 0 Å². The lowest BCUT2D eigenvalue weighted by atomic mass is 10.1.